The van der Waals surface area contributed by atoms with Crippen LogP contribution in [0, 0.1) is 0 Å². The molecule has 2 aromatic carbocycles. The monoisotopic (exact) mass is 396 g/mol. The number of rotatable bonds is 4. The van der Waals surface area contributed by atoms with Crippen molar-refractivity contribution in [3.63, 3.8) is 0 Å². The van der Waals surface area contributed by atoms with Crippen LogP contribution in [0.25, 0.3) is 22.2 Å². The maximum Gasteiger partial charge on any atom is 0.272 e. The quantitative estimate of drug-likeness (QED) is 0.419. The van der Waals surface area contributed by atoms with Gasteiger partial charge in [0.1, 0.15) is 0 Å². The SMILES string of the molecule is O=C(N/N=C/c1ccc2c(c1)OCO2)c1cc(-c2ccncc2)nc2ccccc12. The van der Waals surface area contributed by atoms with E-state index >= 15 is 0 Å². The highest BCUT2D eigenvalue weighted by molar-refractivity contribution is 6.07. The summed E-state index contributed by atoms with van der Waals surface area (Å²) >= 11 is 0. The molecule has 0 radical (unpaired) electrons. The van der Waals surface area contributed by atoms with Gasteiger partial charge in [-0.05, 0) is 48.0 Å². The van der Waals surface area contributed by atoms with Gasteiger partial charge in [-0.2, -0.15) is 5.10 Å². The molecule has 1 aliphatic heterocycles. The van der Waals surface area contributed by atoms with Crippen LogP contribution in [-0.4, -0.2) is 28.9 Å². The van der Waals surface area contributed by atoms with Crippen LogP contribution in [0.4, 0.5) is 0 Å². The number of benzene rings is 2. The molecular formula is C23H16N4O3. The first kappa shape index (κ1) is 17.8. The molecule has 5 rings (SSSR count). The first-order valence-corrected chi connectivity index (χ1v) is 9.31. The number of hydrazone groups is 1. The van der Waals surface area contributed by atoms with Gasteiger partial charge < -0.3 is 9.47 Å². The van der Waals surface area contributed by atoms with E-state index in [9.17, 15) is 4.79 Å². The fourth-order valence-electron chi connectivity index (χ4n) is 3.25. The van der Waals surface area contributed by atoms with Crippen molar-refractivity contribution in [3.05, 3.63) is 84.2 Å². The minimum absolute atomic E-state index is 0.210. The molecule has 0 aliphatic carbocycles. The lowest BCUT2D eigenvalue weighted by Crippen LogP contribution is -2.18. The largest absolute Gasteiger partial charge is 0.454 e. The Morgan fingerprint density at radius 3 is 2.73 bits per heavy atom. The zero-order valence-corrected chi connectivity index (χ0v) is 15.8. The van der Waals surface area contributed by atoms with Crippen molar-refractivity contribution < 1.29 is 14.3 Å². The average molecular weight is 396 g/mol. The minimum atomic E-state index is -0.319. The molecule has 7 nitrogen and oxygen atoms in total. The topological polar surface area (TPSA) is 85.7 Å². The number of carbonyl (C=O) groups is 1. The Morgan fingerprint density at radius 1 is 1.00 bits per heavy atom. The molecule has 7 heteroatoms. The Morgan fingerprint density at radius 2 is 1.83 bits per heavy atom. The van der Waals surface area contributed by atoms with E-state index in [4.69, 9.17) is 9.47 Å². The molecule has 0 atom stereocenters. The molecule has 30 heavy (non-hydrogen) atoms. The Labute approximate surface area is 172 Å². The molecule has 2 aromatic heterocycles. The van der Waals surface area contributed by atoms with Crippen LogP contribution in [-0.2, 0) is 0 Å². The van der Waals surface area contributed by atoms with Crippen molar-refractivity contribution in [1.82, 2.24) is 15.4 Å². The number of amides is 1. The van der Waals surface area contributed by atoms with Crippen LogP contribution in [0.3, 0.4) is 0 Å². The average Bonchev–Trinajstić information content (AvgIpc) is 3.27. The molecule has 146 valence electrons. The third kappa shape index (κ3) is 3.44. The van der Waals surface area contributed by atoms with Crippen molar-refractivity contribution in [2.24, 2.45) is 5.10 Å². The maximum absolute atomic E-state index is 12.9. The molecule has 0 bridgehead atoms. The number of hydrogen-bond donors (Lipinski definition) is 1. The summed E-state index contributed by atoms with van der Waals surface area (Å²) in [6, 6.07) is 18.5. The summed E-state index contributed by atoms with van der Waals surface area (Å²) in [5.41, 5.74) is 6.20. The van der Waals surface area contributed by atoms with Gasteiger partial charge in [0.15, 0.2) is 11.5 Å². The zero-order valence-electron chi connectivity index (χ0n) is 15.8. The highest BCUT2D eigenvalue weighted by Gasteiger charge is 2.14. The molecule has 0 saturated heterocycles. The molecule has 0 saturated carbocycles. The highest BCUT2D eigenvalue weighted by Crippen LogP contribution is 2.32. The van der Waals surface area contributed by atoms with Crippen molar-refractivity contribution in [3.8, 4) is 22.8 Å². The molecular weight excluding hydrogens is 380 g/mol. The number of pyridine rings is 2. The first-order valence-electron chi connectivity index (χ1n) is 9.31. The molecule has 0 unspecified atom stereocenters. The molecule has 4 aromatic rings. The van der Waals surface area contributed by atoms with E-state index in [0.29, 0.717) is 22.8 Å². The molecule has 1 aliphatic rings. The number of aromatic nitrogens is 2. The standard InChI is InChI=1S/C23H16N4O3/c28-23(27-25-13-15-5-6-21-22(11-15)30-14-29-21)18-12-20(16-7-9-24-10-8-16)26-19-4-2-1-3-17(18)19/h1-13H,14H2,(H,27,28)/b25-13+. The van der Waals surface area contributed by atoms with E-state index in [-0.39, 0.29) is 12.7 Å². The number of carbonyl (C=O) groups excluding carboxylic acids is 1. The Kier molecular flexibility index (Phi) is 4.53. The smallest absolute Gasteiger partial charge is 0.272 e. The second-order valence-electron chi connectivity index (χ2n) is 6.62. The first-order chi connectivity index (χ1) is 14.8. The van der Waals surface area contributed by atoms with E-state index in [2.05, 4.69) is 20.5 Å². The third-order valence-electron chi connectivity index (χ3n) is 4.71. The summed E-state index contributed by atoms with van der Waals surface area (Å²) in [5.74, 6) is 1.04. The Bertz CT molecular complexity index is 1270. The van der Waals surface area contributed by atoms with Crippen LogP contribution >= 0.6 is 0 Å². The predicted molar refractivity (Wildman–Crippen MR) is 113 cm³/mol. The van der Waals surface area contributed by atoms with Crippen molar-refractivity contribution >= 4 is 23.0 Å². The van der Waals surface area contributed by atoms with Gasteiger partial charge in [-0.1, -0.05) is 18.2 Å². The number of nitrogens with zero attached hydrogens (tertiary/aromatic N) is 3. The van der Waals surface area contributed by atoms with Crippen molar-refractivity contribution in [2.75, 3.05) is 6.79 Å². The summed E-state index contributed by atoms with van der Waals surface area (Å²) in [6.07, 6.45) is 4.95. The van der Waals surface area contributed by atoms with E-state index < -0.39 is 0 Å². The summed E-state index contributed by atoms with van der Waals surface area (Å²) in [6.45, 7) is 0.210. The lowest BCUT2D eigenvalue weighted by Gasteiger charge is -2.09. The van der Waals surface area contributed by atoms with Crippen molar-refractivity contribution in [2.45, 2.75) is 0 Å². The number of hydrogen-bond acceptors (Lipinski definition) is 6. The molecule has 3 heterocycles. The summed E-state index contributed by atoms with van der Waals surface area (Å²) in [7, 11) is 0. The van der Waals surface area contributed by atoms with E-state index in [0.717, 1.165) is 22.0 Å². The number of fused-ring (bicyclic) bond motifs is 2. The van der Waals surface area contributed by atoms with Crippen LogP contribution < -0.4 is 14.9 Å². The van der Waals surface area contributed by atoms with E-state index in [1.807, 2.05) is 48.5 Å². The lowest BCUT2D eigenvalue weighted by molar-refractivity contribution is 0.0956. The zero-order chi connectivity index (χ0) is 20.3. The summed E-state index contributed by atoms with van der Waals surface area (Å²) < 4.78 is 10.7. The van der Waals surface area contributed by atoms with E-state index in [1.54, 1.807) is 30.7 Å². The van der Waals surface area contributed by atoms with Crippen LogP contribution in [0.1, 0.15) is 15.9 Å². The van der Waals surface area contributed by atoms with Gasteiger partial charge in [-0.25, -0.2) is 10.4 Å². The summed E-state index contributed by atoms with van der Waals surface area (Å²) in [5, 5.41) is 4.86. The van der Waals surface area contributed by atoms with Gasteiger partial charge in [-0.3, -0.25) is 9.78 Å². The van der Waals surface area contributed by atoms with Gasteiger partial charge in [0.25, 0.3) is 5.91 Å². The van der Waals surface area contributed by atoms with E-state index in [1.165, 1.54) is 0 Å². The van der Waals surface area contributed by atoms with Crippen LogP contribution in [0.5, 0.6) is 11.5 Å². The van der Waals surface area contributed by atoms with Crippen LogP contribution in [0.2, 0.25) is 0 Å². The highest BCUT2D eigenvalue weighted by atomic mass is 16.7. The minimum Gasteiger partial charge on any atom is -0.454 e. The van der Waals surface area contributed by atoms with Crippen LogP contribution in [0.15, 0.2) is 78.2 Å². The van der Waals surface area contributed by atoms with Crippen molar-refractivity contribution in [1.29, 1.82) is 0 Å². The maximum atomic E-state index is 12.9. The fraction of sp³-hybridized carbons (Fsp3) is 0.0435. The second-order valence-corrected chi connectivity index (χ2v) is 6.62. The second kappa shape index (κ2) is 7.63. The number of ether oxygens (including phenoxy) is 2. The molecule has 1 amide bonds. The number of nitrogens with one attached hydrogen (secondary N) is 1. The van der Waals surface area contributed by atoms with Gasteiger partial charge in [0, 0.05) is 23.3 Å². The normalized spacial score (nSPS) is 12.4. The van der Waals surface area contributed by atoms with Gasteiger partial charge in [0.2, 0.25) is 6.79 Å². The Balaban J connectivity index is 1.44. The lowest BCUT2D eigenvalue weighted by atomic mass is 10.0. The predicted octanol–water partition coefficient (Wildman–Crippen LogP) is 3.79. The molecule has 0 spiro atoms. The Hall–Kier alpha value is -4.26. The van der Waals surface area contributed by atoms with Gasteiger partial charge in [-0.15, -0.1) is 0 Å². The van der Waals surface area contributed by atoms with Gasteiger partial charge in [0.05, 0.1) is 23.0 Å². The molecule has 1 N–H and O–H groups in total. The number of para-hydroxylation sites is 1. The fourth-order valence-corrected chi connectivity index (χ4v) is 3.25. The van der Waals surface area contributed by atoms with Gasteiger partial charge >= 0.3 is 0 Å². The third-order valence-corrected chi connectivity index (χ3v) is 4.71. The molecule has 0 fully saturated rings. The summed E-state index contributed by atoms with van der Waals surface area (Å²) in [4.78, 5) is 21.6.